The second kappa shape index (κ2) is 2.91. The number of rotatable bonds is 1. The number of hydrogen-bond donors (Lipinski definition) is 1. The number of hydrogen-bond acceptors (Lipinski definition) is 2. The molecular weight excluding hydrogens is 204 g/mol. The molecule has 0 amide bonds. The van der Waals surface area contributed by atoms with Gasteiger partial charge in [-0.2, -0.15) is 0 Å². The predicted molar refractivity (Wildman–Crippen MR) is 49.2 cm³/mol. The first kappa shape index (κ1) is 8.68. The van der Waals surface area contributed by atoms with Crippen LogP contribution in [-0.4, -0.2) is 4.98 Å². The normalized spacial score (nSPS) is 11.6. The smallest absolute Gasteiger partial charge is 0.111 e. The Hall–Kier alpha value is -0.410. The summed E-state index contributed by atoms with van der Waals surface area (Å²) in [4.78, 5) is 4.08. The summed E-state index contributed by atoms with van der Waals surface area (Å²) in [7, 11) is 0. The van der Waals surface area contributed by atoms with Crippen molar-refractivity contribution in [3.63, 3.8) is 0 Å². The van der Waals surface area contributed by atoms with E-state index in [9.17, 15) is 0 Å². The molecule has 0 aliphatic carbocycles. The van der Waals surface area contributed by atoms with Gasteiger partial charge in [0.05, 0.1) is 0 Å². The monoisotopic (exact) mass is 214 g/mol. The summed E-state index contributed by atoms with van der Waals surface area (Å²) in [5, 5.41) is 0. The topological polar surface area (TPSA) is 38.9 Å². The van der Waals surface area contributed by atoms with Crippen molar-refractivity contribution in [3.05, 3.63) is 28.5 Å². The third-order valence-electron chi connectivity index (χ3n) is 1.45. The molecule has 0 fully saturated rings. The first-order valence-electron chi connectivity index (χ1n) is 3.41. The maximum Gasteiger partial charge on any atom is 0.111 e. The maximum atomic E-state index is 5.89. The van der Waals surface area contributed by atoms with Gasteiger partial charge in [-0.25, -0.2) is 4.98 Å². The Balaban J connectivity index is 3.14. The number of nitrogens with zero attached hydrogens (tertiary/aromatic N) is 1. The molecule has 0 atom stereocenters. The molecule has 0 radical (unpaired) electrons. The van der Waals surface area contributed by atoms with Gasteiger partial charge in [0.15, 0.2) is 0 Å². The molecule has 0 unspecified atom stereocenters. The van der Waals surface area contributed by atoms with Crippen molar-refractivity contribution < 1.29 is 0 Å². The van der Waals surface area contributed by atoms with Gasteiger partial charge in [-0.15, -0.1) is 0 Å². The lowest BCUT2D eigenvalue weighted by molar-refractivity contribution is 0.548. The van der Waals surface area contributed by atoms with Crippen LogP contribution in [-0.2, 0) is 5.54 Å². The largest absolute Gasteiger partial charge is 0.322 e. The van der Waals surface area contributed by atoms with E-state index in [1.54, 1.807) is 6.20 Å². The highest BCUT2D eigenvalue weighted by Crippen LogP contribution is 2.23. The molecule has 11 heavy (non-hydrogen) atoms. The average molecular weight is 215 g/mol. The minimum Gasteiger partial charge on any atom is -0.322 e. The molecule has 0 aromatic carbocycles. The molecule has 0 aliphatic heterocycles. The lowest BCUT2D eigenvalue weighted by Crippen LogP contribution is -2.29. The van der Waals surface area contributed by atoms with Crippen molar-refractivity contribution in [2.45, 2.75) is 19.4 Å². The standard InChI is InChI=1S/C8H11BrN2/c1-8(2,10)6-4-3-5-11-7(6)9/h3-5H,10H2,1-2H3. The maximum absolute atomic E-state index is 5.89. The van der Waals surface area contributed by atoms with Crippen molar-refractivity contribution in [3.8, 4) is 0 Å². The molecule has 60 valence electrons. The Labute approximate surface area is 75.0 Å². The first-order valence-corrected chi connectivity index (χ1v) is 4.21. The SMILES string of the molecule is CC(C)(N)c1cccnc1Br. The molecule has 3 heteroatoms. The van der Waals surface area contributed by atoms with Crippen LogP contribution in [0.15, 0.2) is 22.9 Å². The molecule has 1 heterocycles. The fraction of sp³-hybridized carbons (Fsp3) is 0.375. The van der Waals surface area contributed by atoms with E-state index in [4.69, 9.17) is 5.73 Å². The van der Waals surface area contributed by atoms with E-state index in [-0.39, 0.29) is 5.54 Å². The lowest BCUT2D eigenvalue weighted by Gasteiger charge is -2.19. The molecular formula is C8H11BrN2. The number of pyridine rings is 1. The Bertz CT molecular complexity index is 253. The minimum absolute atomic E-state index is 0.326. The molecule has 0 spiro atoms. The van der Waals surface area contributed by atoms with Gasteiger partial charge in [-0.05, 0) is 35.8 Å². The molecule has 0 saturated carbocycles. The third-order valence-corrected chi connectivity index (χ3v) is 2.09. The van der Waals surface area contributed by atoms with Gasteiger partial charge in [-0.1, -0.05) is 6.07 Å². The molecule has 0 aliphatic rings. The summed E-state index contributed by atoms with van der Waals surface area (Å²) in [5.74, 6) is 0. The van der Waals surface area contributed by atoms with Crippen LogP contribution in [0.1, 0.15) is 19.4 Å². The summed E-state index contributed by atoms with van der Waals surface area (Å²) in [6.07, 6.45) is 1.74. The third kappa shape index (κ3) is 2.01. The van der Waals surface area contributed by atoms with Crippen LogP contribution in [0.5, 0.6) is 0 Å². The molecule has 1 aromatic heterocycles. The second-order valence-electron chi connectivity index (χ2n) is 3.06. The zero-order valence-corrected chi connectivity index (χ0v) is 8.22. The Morgan fingerprint density at radius 3 is 2.55 bits per heavy atom. The highest BCUT2D eigenvalue weighted by atomic mass is 79.9. The number of nitrogens with two attached hydrogens (primary N) is 1. The van der Waals surface area contributed by atoms with Gasteiger partial charge in [0, 0.05) is 17.3 Å². The Kier molecular flexibility index (Phi) is 2.30. The average Bonchev–Trinajstić information content (AvgIpc) is 1.86. The zero-order valence-electron chi connectivity index (χ0n) is 6.63. The van der Waals surface area contributed by atoms with Crippen molar-refractivity contribution in [2.75, 3.05) is 0 Å². The quantitative estimate of drug-likeness (QED) is 0.728. The van der Waals surface area contributed by atoms with Gasteiger partial charge in [0.1, 0.15) is 4.60 Å². The van der Waals surface area contributed by atoms with E-state index in [1.165, 1.54) is 0 Å². The van der Waals surface area contributed by atoms with Crippen LogP contribution in [0.4, 0.5) is 0 Å². The van der Waals surface area contributed by atoms with Crippen molar-refractivity contribution in [2.24, 2.45) is 5.73 Å². The van der Waals surface area contributed by atoms with Crippen molar-refractivity contribution >= 4 is 15.9 Å². The molecule has 1 aromatic rings. The van der Waals surface area contributed by atoms with Gasteiger partial charge >= 0.3 is 0 Å². The fourth-order valence-electron chi connectivity index (χ4n) is 0.867. The van der Waals surface area contributed by atoms with E-state index >= 15 is 0 Å². The van der Waals surface area contributed by atoms with Crippen LogP contribution in [0.25, 0.3) is 0 Å². The summed E-state index contributed by atoms with van der Waals surface area (Å²) < 4.78 is 0.826. The van der Waals surface area contributed by atoms with E-state index in [0.29, 0.717) is 0 Å². The Morgan fingerprint density at radius 2 is 2.18 bits per heavy atom. The summed E-state index contributed by atoms with van der Waals surface area (Å²) in [6, 6.07) is 3.85. The lowest BCUT2D eigenvalue weighted by atomic mass is 9.98. The minimum atomic E-state index is -0.326. The van der Waals surface area contributed by atoms with Gasteiger partial charge in [0.2, 0.25) is 0 Å². The van der Waals surface area contributed by atoms with E-state index in [0.717, 1.165) is 10.2 Å². The van der Waals surface area contributed by atoms with Gasteiger partial charge in [0.25, 0.3) is 0 Å². The molecule has 0 saturated heterocycles. The van der Waals surface area contributed by atoms with Crippen molar-refractivity contribution in [1.82, 2.24) is 4.98 Å². The molecule has 1 rings (SSSR count). The van der Waals surface area contributed by atoms with Crippen LogP contribution in [0, 0.1) is 0 Å². The zero-order chi connectivity index (χ0) is 8.48. The molecule has 0 bridgehead atoms. The summed E-state index contributed by atoms with van der Waals surface area (Å²) in [5.41, 5.74) is 6.59. The number of halogens is 1. The Morgan fingerprint density at radius 1 is 1.55 bits per heavy atom. The predicted octanol–water partition coefficient (Wildman–Crippen LogP) is 2.04. The fourth-order valence-corrected chi connectivity index (χ4v) is 1.63. The summed E-state index contributed by atoms with van der Waals surface area (Å²) in [6.45, 7) is 3.91. The number of aromatic nitrogens is 1. The summed E-state index contributed by atoms with van der Waals surface area (Å²) >= 11 is 3.34. The van der Waals surface area contributed by atoms with Gasteiger partial charge < -0.3 is 5.73 Å². The van der Waals surface area contributed by atoms with Crippen LogP contribution >= 0.6 is 15.9 Å². The van der Waals surface area contributed by atoms with Crippen LogP contribution in [0.2, 0.25) is 0 Å². The second-order valence-corrected chi connectivity index (χ2v) is 3.81. The van der Waals surface area contributed by atoms with Crippen LogP contribution < -0.4 is 5.73 Å². The highest BCUT2D eigenvalue weighted by molar-refractivity contribution is 9.10. The molecule has 2 nitrogen and oxygen atoms in total. The van der Waals surface area contributed by atoms with E-state index < -0.39 is 0 Å². The van der Waals surface area contributed by atoms with Crippen LogP contribution in [0.3, 0.4) is 0 Å². The van der Waals surface area contributed by atoms with Gasteiger partial charge in [-0.3, -0.25) is 0 Å². The van der Waals surface area contributed by atoms with E-state index in [1.807, 2.05) is 26.0 Å². The van der Waals surface area contributed by atoms with E-state index in [2.05, 4.69) is 20.9 Å². The van der Waals surface area contributed by atoms with Crippen molar-refractivity contribution in [1.29, 1.82) is 0 Å². The highest BCUT2D eigenvalue weighted by Gasteiger charge is 2.16. The molecule has 2 N–H and O–H groups in total. The first-order chi connectivity index (χ1) is 5.02.